The largest absolute Gasteiger partial charge is 0.477 e. The van der Waals surface area contributed by atoms with Crippen molar-refractivity contribution < 1.29 is 19.8 Å². The molecule has 0 aromatic carbocycles. The summed E-state index contributed by atoms with van der Waals surface area (Å²) in [6.45, 7) is 3.59. The number of hydrogen-bond donors (Lipinski definition) is 2. The van der Waals surface area contributed by atoms with Crippen molar-refractivity contribution in [2.24, 2.45) is 0 Å². The van der Waals surface area contributed by atoms with Crippen molar-refractivity contribution in [3.8, 4) is 0 Å². The van der Waals surface area contributed by atoms with Crippen LogP contribution in [0.4, 0.5) is 4.79 Å². The Bertz CT molecular complexity index is 422. The highest BCUT2D eigenvalue weighted by Gasteiger charge is 2.24. The van der Waals surface area contributed by atoms with Gasteiger partial charge in [0.1, 0.15) is 5.69 Å². The average molecular weight is 276 g/mol. The highest BCUT2D eigenvalue weighted by molar-refractivity contribution is 9.10. The molecule has 1 aromatic rings. The fourth-order valence-corrected chi connectivity index (χ4v) is 2.24. The maximum Gasteiger partial charge on any atom is 0.416 e. The number of carbonyl (C=O) groups is 2. The molecule has 0 aliphatic rings. The van der Waals surface area contributed by atoms with Crippen molar-refractivity contribution in [1.29, 1.82) is 0 Å². The van der Waals surface area contributed by atoms with E-state index in [-0.39, 0.29) is 11.6 Å². The van der Waals surface area contributed by atoms with Crippen LogP contribution < -0.4 is 0 Å². The molecule has 1 rings (SSSR count). The molecule has 0 atom stereocenters. The van der Waals surface area contributed by atoms with Crippen LogP contribution in [0.5, 0.6) is 0 Å². The first-order valence-corrected chi connectivity index (χ1v) is 5.03. The van der Waals surface area contributed by atoms with E-state index >= 15 is 0 Å². The summed E-state index contributed by atoms with van der Waals surface area (Å²) in [5, 5.41) is 17.8. The molecule has 0 unspecified atom stereocenters. The Balaban J connectivity index is 3.51. The molecule has 82 valence electrons. The van der Waals surface area contributed by atoms with Gasteiger partial charge in [-0.2, -0.15) is 0 Å². The summed E-state index contributed by atoms with van der Waals surface area (Å²) in [6.07, 6.45) is -1.29. The van der Waals surface area contributed by atoms with Crippen LogP contribution in [0.25, 0.3) is 0 Å². The van der Waals surface area contributed by atoms with Gasteiger partial charge in [-0.3, -0.25) is 0 Å². The fourth-order valence-electron chi connectivity index (χ4n) is 1.39. The van der Waals surface area contributed by atoms with Gasteiger partial charge in [0.25, 0.3) is 0 Å². The average Bonchev–Trinajstić information content (AvgIpc) is 2.42. The Labute approximate surface area is 94.5 Å². The van der Waals surface area contributed by atoms with Crippen LogP contribution in [-0.2, 0) is 0 Å². The van der Waals surface area contributed by atoms with E-state index < -0.39 is 12.1 Å². The first-order chi connectivity index (χ1) is 6.86. The number of carboxylic acids is 1. The second-order valence-corrected chi connectivity index (χ2v) is 4.19. The van der Waals surface area contributed by atoms with E-state index in [2.05, 4.69) is 15.9 Å². The van der Waals surface area contributed by atoms with Gasteiger partial charge in [-0.15, -0.1) is 0 Å². The third-order valence-electron chi connectivity index (χ3n) is 1.95. The highest BCUT2D eigenvalue weighted by atomic mass is 79.9. The molecular weight excluding hydrogens is 266 g/mol. The number of hydrogen-bond acceptors (Lipinski definition) is 2. The van der Waals surface area contributed by atoms with Gasteiger partial charge in [-0.25, -0.2) is 14.2 Å². The van der Waals surface area contributed by atoms with E-state index in [4.69, 9.17) is 10.2 Å². The van der Waals surface area contributed by atoms with E-state index in [9.17, 15) is 9.59 Å². The lowest BCUT2D eigenvalue weighted by Crippen LogP contribution is -2.18. The van der Waals surface area contributed by atoms with Crippen LogP contribution in [0, 0.1) is 0 Å². The van der Waals surface area contributed by atoms with Crippen molar-refractivity contribution in [1.82, 2.24) is 4.57 Å². The Morgan fingerprint density at radius 1 is 1.40 bits per heavy atom. The summed E-state index contributed by atoms with van der Waals surface area (Å²) in [7, 11) is 0. The first kappa shape index (κ1) is 11.8. The van der Waals surface area contributed by atoms with Gasteiger partial charge in [0, 0.05) is 10.2 Å². The quantitative estimate of drug-likeness (QED) is 0.870. The minimum Gasteiger partial charge on any atom is -0.477 e. The standard InChI is InChI=1S/C9H10BrNO4/c1-4(2)7-5(10)3-6(8(12)13)11(7)9(14)15/h3-4H,1-2H3,(H,12,13)(H,14,15). The van der Waals surface area contributed by atoms with Gasteiger partial charge in [0.2, 0.25) is 0 Å². The van der Waals surface area contributed by atoms with Crippen molar-refractivity contribution in [2.45, 2.75) is 19.8 Å². The summed E-state index contributed by atoms with van der Waals surface area (Å²) in [4.78, 5) is 21.8. The Morgan fingerprint density at radius 2 is 1.93 bits per heavy atom. The predicted molar refractivity (Wildman–Crippen MR) is 56.6 cm³/mol. The van der Waals surface area contributed by atoms with E-state index in [1.807, 2.05) is 0 Å². The van der Waals surface area contributed by atoms with E-state index in [0.29, 0.717) is 10.2 Å². The van der Waals surface area contributed by atoms with Gasteiger partial charge in [0.05, 0.1) is 0 Å². The molecule has 1 heterocycles. The molecule has 6 heteroatoms. The van der Waals surface area contributed by atoms with Gasteiger partial charge in [0.15, 0.2) is 0 Å². The SMILES string of the molecule is CC(C)c1c(Br)cc(C(=O)O)n1C(=O)O. The van der Waals surface area contributed by atoms with Crippen molar-refractivity contribution >= 4 is 28.0 Å². The van der Waals surface area contributed by atoms with Gasteiger partial charge >= 0.3 is 12.1 Å². The highest BCUT2D eigenvalue weighted by Crippen LogP contribution is 2.28. The number of aromatic nitrogens is 1. The second-order valence-electron chi connectivity index (χ2n) is 3.34. The van der Waals surface area contributed by atoms with Crippen molar-refractivity contribution in [2.75, 3.05) is 0 Å². The Morgan fingerprint density at radius 3 is 2.27 bits per heavy atom. The van der Waals surface area contributed by atoms with Gasteiger partial charge in [-0.05, 0) is 27.9 Å². The molecule has 0 saturated carbocycles. The monoisotopic (exact) mass is 275 g/mol. The zero-order chi connectivity index (χ0) is 11.7. The number of nitrogens with zero attached hydrogens (tertiary/aromatic N) is 1. The minimum atomic E-state index is -1.29. The van der Waals surface area contributed by atoms with E-state index in [1.54, 1.807) is 13.8 Å². The van der Waals surface area contributed by atoms with Crippen LogP contribution in [0.1, 0.15) is 35.9 Å². The molecule has 5 nitrogen and oxygen atoms in total. The maximum absolute atomic E-state index is 10.9. The number of rotatable bonds is 2. The molecule has 0 aliphatic carbocycles. The van der Waals surface area contributed by atoms with Crippen LogP contribution >= 0.6 is 15.9 Å². The normalized spacial score (nSPS) is 10.7. The first-order valence-electron chi connectivity index (χ1n) is 4.24. The molecule has 0 fully saturated rings. The number of halogens is 1. The smallest absolute Gasteiger partial charge is 0.416 e. The molecule has 0 saturated heterocycles. The zero-order valence-electron chi connectivity index (χ0n) is 8.19. The van der Waals surface area contributed by atoms with Gasteiger partial charge < -0.3 is 10.2 Å². The lowest BCUT2D eigenvalue weighted by Gasteiger charge is -2.09. The van der Waals surface area contributed by atoms with Crippen molar-refractivity contribution in [3.63, 3.8) is 0 Å². The fraction of sp³-hybridized carbons (Fsp3) is 0.333. The lowest BCUT2D eigenvalue weighted by atomic mass is 10.1. The summed E-state index contributed by atoms with van der Waals surface area (Å²) in [5.74, 6) is -1.34. The molecule has 0 bridgehead atoms. The number of aromatic carboxylic acids is 1. The summed E-state index contributed by atoms with van der Waals surface area (Å²) in [6, 6.07) is 1.30. The lowest BCUT2D eigenvalue weighted by molar-refractivity contribution is 0.0683. The third-order valence-corrected chi connectivity index (χ3v) is 2.58. The minimum absolute atomic E-state index is 0.0800. The molecule has 0 radical (unpaired) electrons. The van der Waals surface area contributed by atoms with Crippen LogP contribution in [-0.4, -0.2) is 26.8 Å². The molecule has 1 aromatic heterocycles. The maximum atomic E-state index is 10.9. The summed E-state index contributed by atoms with van der Waals surface area (Å²) >= 11 is 3.16. The topological polar surface area (TPSA) is 79.5 Å². The molecule has 0 spiro atoms. The third kappa shape index (κ3) is 2.04. The molecule has 0 amide bonds. The van der Waals surface area contributed by atoms with Crippen LogP contribution in [0.15, 0.2) is 10.5 Å². The second kappa shape index (κ2) is 4.06. The summed E-state index contributed by atoms with van der Waals surface area (Å²) in [5.41, 5.74) is 0.193. The summed E-state index contributed by atoms with van der Waals surface area (Å²) < 4.78 is 1.29. The molecule has 15 heavy (non-hydrogen) atoms. The van der Waals surface area contributed by atoms with E-state index in [1.165, 1.54) is 6.07 Å². The molecule has 0 aliphatic heterocycles. The Kier molecular flexibility index (Phi) is 3.18. The van der Waals surface area contributed by atoms with E-state index in [0.717, 1.165) is 4.57 Å². The molecular formula is C9H10BrNO4. The number of carboxylic acid groups (broad SMARTS) is 2. The Hall–Kier alpha value is -1.30. The zero-order valence-corrected chi connectivity index (χ0v) is 9.78. The molecule has 2 N–H and O–H groups in total. The van der Waals surface area contributed by atoms with Crippen LogP contribution in [0.2, 0.25) is 0 Å². The van der Waals surface area contributed by atoms with Gasteiger partial charge in [-0.1, -0.05) is 13.8 Å². The predicted octanol–water partition coefficient (Wildman–Crippen LogP) is 2.60. The van der Waals surface area contributed by atoms with Crippen LogP contribution in [0.3, 0.4) is 0 Å². The van der Waals surface area contributed by atoms with Crippen molar-refractivity contribution in [3.05, 3.63) is 21.9 Å².